The van der Waals surface area contributed by atoms with Gasteiger partial charge in [-0.3, -0.25) is 4.79 Å². The second kappa shape index (κ2) is 13.7. The van der Waals surface area contributed by atoms with Crippen molar-refractivity contribution < 1.29 is 33.0 Å². The number of rotatable bonds is 13. The van der Waals surface area contributed by atoms with Crippen molar-refractivity contribution in [3.63, 3.8) is 0 Å². The van der Waals surface area contributed by atoms with Crippen molar-refractivity contribution in [2.45, 2.75) is 59.2 Å². The van der Waals surface area contributed by atoms with Gasteiger partial charge in [0.25, 0.3) is 11.8 Å². The fourth-order valence-corrected chi connectivity index (χ4v) is 3.84. The molecule has 0 aliphatic heterocycles. The number of hydrogen-bond donors (Lipinski definition) is 3. The minimum atomic E-state index is -1.37. The molecule has 1 unspecified atom stereocenters. The molecule has 208 valence electrons. The van der Waals surface area contributed by atoms with Crippen molar-refractivity contribution in [2.75, 3.05) is 0 Å². The van der Waals surface area contributed by atoms with Crippen LogP contribution in [0.2, 0.25) is 0 Å². The van der Waals surface area contributed by atoms with Crippen molar-refractivity contribution in [3.8, 4) is 28.6 Å². The van der Waals surface area contributed by atoms with Gasteiger partial charge in [-0.1, -0.05) is 39.0 Å². The summed E-state index contributed by atoms with van der Waals surface area (Å²) in [5.41, 5.74) is 8.90. The fraction of sp³-hybridized carbons (Fsp3) is 0.345. The molecule has 0 bridgehead atoms. The van der Waals surface area contributed by atoms with Crippen LogP contribution in [0.3, 0.4) is 0 Å². The number of benzene rings is 2. The molecule has 8 nitrogen and oxygen atoms in total. The summed E-state index contributed by atoms with van der Waals surface area (Å²) in [6, 6.07) is 13.2. The number of pyridine rings is 1. The summed E-state index contributed by atoms with van der Waals surface area (Å²) in [5, 5.41) is 12.3. The van der Waals surface area contributed by atoms with Crippen LogP contribution in [-0.4, -0.2) is 28.1 Å². The molecule has 0 radical (unpaired) electrons. The number of aromatic nitrogens is 1. The molecule has 3 rings (SSSR count). The van der Waals surface area contributed by atoms with Gasteiger partial charge in [0.15, 0.2) is 17.7 Å². The van der Waals surface area contributed by atoms with Crippen LogP contribution in [-0.2, 0) is 22.7 Å². The standard InChI is InChI=1S/C29H33F2N3O5/c1-4-6-26(35)33-16-19-11-21(20-8-5-7-18(10-20)15-32)13-22(12-19)38-27-23(30)14-24(31)28(34-27)39-25(29(36)37)9-17(2)3/h5,7-8,10-14,17,25H,4,6,9,15-16,32H2,1-3H3,(H,33,35)(H,36,37). The third-order valence-electron chi connectivity index (χ3n) is 5.72. The molecule has 0 saturated heterocycles. The van der Waals surface area contributed by atoms with E-state index in [1.54, 1.807) is 26.0 Å². The van der Waals surface area contributed by atoms with E-state index in [-0.39, 0.29) is 30.5 Å². The first kappa shape index (κ1) is 29.5. The minimum absolute atomic E-state index is 0.0536. The Morgan fingerprint density at radius 1 is 1.03 bits per heavy atom. The van der Waals surface area contributed by atoms with Gasteiger partial charge in [0.05, 0.1) is 0 Å². The maximum atomic E-state index is 14.7. The Labute approximate surface area is 226 Å². The van der Waals surface area contributed by atoms with Crippen molar-refractivity contribution in [1.82, 2.24) is 10.3 Å². The Bertz CT molecular complexity index is 1320. The lowest BCUT2D eigenvalue weighted by Crippen LogP contribution is -2.29. The SMILES string of the molecule is CCCC(=O)NCc1cc(Oc2nc(OC(CC(C)C)C(=O)O)c(F)cc2F)cc(-c2cccc(CN)c2)c1. The normalized spacial score (nSPS) is 11.8. The molecule has 1 aromatic heterocycles. The molecule has 39 heavy (non-hydrogen) atoms. The predicted octanol–water partition coefficient (Wildman–Crippen LogP) is 5.57. The smallest absolute Gasteiger partial charge is 0.344 e. The molecule has 0 spiro atoms. The van der Waals surface area contributed by atoms with Crippen LogP contribution in [0.15, 0.2) is 48.5 Å². The largest absolute Gasteiger partial charge is 0.479 e. The van der Waals surface area contributed by atoms with E-state index in [1.807, 2.05) is 37.3 Å². The number of carboxylic acid groups (broad SMARTS) is 1. The van der Waals surface area contributed by atoms with E-state index in [0.29, 0.717) is 36.6 Å². The molecule has 4 N–H and O–H groups in total. The molecule has 1 heterocycles. The van der Waals surface area contributed by atoms with E-state index in [9.17, 15) is 23.5 Å². The molecule has 2 aromatic carbocycles. The van der Waals surface area contributed by atoms with Crippen LogP contribution in [0.4, 0.5) is 8.78 Å². The van der Waals surface area contributed by atoms with E-state index >= 15 is 0 Å². The molecule has 0 fully saturated rings. The maximum Gasteiger partial charge on any atom is 0.344 e. The zero-order chi connectivity index (χ0) is 28.5. The number of carbonyl (C=O) groups excluding carboxylic acids is 1. The van der Waals surface area contributed by atoms with E-state index < -0.39 is 35.5 Å². The van der Waals surface area contributed by atoms with Crippen molar-refractivity contribution in [3.05, 3.63) is 71.3 Å². The average Bonchev–Trinajstić information content (AvgIpc) is 2.89. The lowest BCUT2D eigenvalue weighted by atomic mass is 10.0. The number of ether oxygens (including phenoxy) is 2. The molecule has 0 aliphatic carbocycles. The monoisotopic (exact) mass is 541 g/mol. The van der Waals surface area contributed by atoms with E-state index in [2.05, 4.69) is 10.3 Å². The van der Waals surface area contributed by atoms with Gasteiger partial charge in [-0.15, -0.1) is 0 Å². The zero-order valence-corrected chi connectivity index (χ0v) is 22.2. The summed E-state index contributed by atoms with van der Waals surface area (Å²) in [5.74, 6) is -4.80. The molecule has 1 atom stereocenters. The summed E-state index contributed by atoms with van der Waals surface area (Å²) in [6.07, 6.45) is -0.197. The zero-order valence-electron chi connectivity index (χ0n) is 22.2. The third kappa shape index (κ3) is 8.47. The van der Waals surface area contributed by atoms with Gasteiger partial charge in [0, 0.05) is 25.6 Å². The summed E-state index contributed by atoms with van der Waals surface area (Å²) >= 11 is 0. The first-order chi connectivity index (χ1) is 18.6. The topological polar surface area (TPSA) is 124 Å². The highest BCUT2D eigenvalue weighted by molar-refractivity contribution is 5.76. The number of nitrogens with two attached hydrogens (primary N) is 1. The Morgan fingerprint density at radius 2 is 1.74 bits per heavy atom. The van der Waals surface area contributed by atoms with Gasteiger partial charge < -0.3 is 25.6 Å². The predicted molar refractivity (Wildman–Crippen MR) is 142 cm³/mol. The minimum Gasteiger partial charge on any atom is -0.479 e. The number of halogens is 2. The molecule has 0 saturated carbocycles. The maximum absolute atomic E-state index is 14.7. The first-order valence-electron chi connectivity index (χ1n) is 12.7. The number of carbonyl (C=O) groups is 2. The number of hydrogen-bond acceptors (Lipinski definition) is 6. The highest BCUT2D eigenvalue weighted by Crippen LogP contribution is 2.32. The Kier molecular flexibility index (Phi) is 10.3. The number of aliphatic carboxylic acids is 1. The number of carboxylic acids is 1. The van der Waals surface area contributed by atoms with Crippen LogP contribution < -0.4 is 20.5 Å². The summed E-state index contributed by atoms with van der Waals surface area (Å²) in [4.78, 5) is 27.4. The average molecular weight is 542 g/mol. The Morgan fingerprint density at radius 3 is 2.41 bits per heavy atom. The van der Waals surface area contributed by atoms with Gasteiger partial charge in [0.1, 0.15) is 5.75 Å². The van der Waals surface area contributed by atoms with Crippen LogP contribution in [0.25, 0.3) is 11.1 Å². The van der Waals surface area contributed by atoms with Crippen molar-refractivity contribution >= 4 is 11.9 Å². The number of nitrogens with zero attached hydrogens (tertiary/aromatic N) is 1. The van der Waals surface area contributed by atoms with Crippen LogP contribution in [0.1, 0.15) is 51.2 Å². The van der Waals surface area contributed by atoms with Crippen LogP contribution in [0, 0.1) is 17.6 Å². The van der Waals surface area contributed by atoms with Gasteiger partial charge >= 0.3 is 5.97 Å². The van der Waals surface area contributed by atoms with Gasteiger partial charge in [0.2, 0.25) is 5.91 Å². The Hall–Kier alpha value is -4.05. The molecular formula is C29H33F2N3O5. The fourth-order valence-electron chi connectivity index (χ4n) is 3.84. The third-order valence-corrected chi connectivity index (χ3v) is 5.72. The molecule has 10 heteroatoms. The van der Waals surface area contributed by atoms with Gasteiger partial charge in [-0.2, -0.15) is 4.98 Å². The van der Waals surface area contributed by atoms with Crippen LogP contribution >= 0.6 is 0 Å². The quantitative estimate of drug-likeness (QED) is 0.258. The van der Waals surface area contributed by atoms with Crippen molar-refractivity contribution in [1.29, 1.82) is 0 Å². The highest BCUT2D eigenvalue weighted by atomic mass is 19.1. The van der Waals surface area contributed by atoms with Gasteiger partial charge in [-0.25, -0.2) is 13.6 Å². The van der Waals surface area contributed by atoms with E-state index in [4.69, 9.17) is 15.2 Å². The second-order valence-electron chi connectivity index (χ2n) is 9.54. The van der Waals surface area contributed by atoms with Crippen molar-refractivity contribution in [2.24, 2.45) is 11.7 Å². The van der Waals surface area contributed by atoms with E-state index in [0.717, 1.165) is 11.1 Å². The van der Waals surface area contributed by atoms with Crippen LogP contribution in [0.5, 0.6) is 17.5 Å². The number of amides is 1. The van der Waals surface area contributed by atoms with E-state index in [1.165, 1.54) is 0 Å². The highest BCUT2D eigenvalue weighted by Gasteiger charge is 2.25. The Balaban J connectivity index is 1.98. The molecule has 3 aromatic rings. The summed E-state index contributed by atoms with van der Waals surface area (Å²) < 4.78 is 40.2. The molecule has 0 aliphatic rings. The first-order valence-corrected chi connectivity index (χ1v) is 12.7. The number of nitrogens with one attached hydrogen (secondary N) is 1. The van der Waals surface area contributed by atoms with Gasteiger partial charge in [-0.05, 0) is 65.3 Å². The summed E-state index contributed by atoms with van der Waals surface area (Å²) in [6.45, 7) is 6.02. The molecular weight excluding hydrogens is 508 g/mol. The molecule has 1 amide bonds. The summed E-state index contributed by atoms with van der Waals surface area (Å²) in [7, 11) is 0. The second-order valence-corrected chi connectivity index (χ2v) is 9.54. The lowest BCUT2D eigenvalue weighted by Gasteiger charge is -2.17. The lowest BCUT2D eigenvalue weighted by molar-refractivity contribution is -0.146.